The second-order valence-corrected chi connectivity index (χ2v) is 1.91. The van der Waals surface area contributed by atoms with Gasteiger partial charge in [-0.3, -0.25) is 10.1 Å². The lowest BCUT2D eigenvalue weighted by atomic mass is 10.3. The zero-order valence-electron chi connectivity index (χ0n) is 6.38. The number of hydrogen-bond acceptors (Lipinski definition) is 2. The third-order valence-electron chi connectivity index (χ3n) is 1.02. The van der Waals surface area contributed by atoms with Gasteiger partial charge in [0, 0.05) is 6.08 Å². The third-order valence-corrected chi connectivity index (χ3v) is 1.02. The summed E-state index contributed by atoms with van der Waals surface area (Å²) in [5, 5.41) is 10.0. The van der Waals surface area contributed by atoms with Gasteiger partial charge in [-0.2, -0.15) is 0 Å². The maximum absolute atomic E-state index is 12.4. The maximum Gasteiger partial charge on any atom is 0.271 e. The third kappa shape index (κ3) is 3.05. The molecule has 0 aliphatic carbocycles. The monoisotopic (exact) mass is 175 g/mol. The van der Waals surface area contributed by atoms with Crippen LogP contribution in [0.15, 0.2) is 36.1 Å². The topological polar surface area (TPSA) is 43.1 Å². The van der Waals surface area contributed by atoms with E-state index in [4.69, 9.17) is 0 Å². The molecule has 0 aromatic rings. The van der Waals surface area contributed by atoms with E-state index in [2.05, 4.69) is 6.58 Å². The number of rotatable bonds is 3. The number of nitrogens with zero attached hydrogens (tertiary/aromatic N) is 1. The molecular formula is C7H7F2NO2. The van der Waals surface area contributed by atoms with Crippen LogP contribution in [0.4, 0.5) is 8.78 Å². The quantitative estimate of drug-likeness (QED) is 0.375. The molecule has 0 aromatic carbocycles. The average molecular weight is 175 g/mol. The predicted octanol–water partition coefficient (Wildman–Crippen LogP) is 2.50. The van der Waals surface area contributed by atoms with Crippen LogP contribution < -0.4 is 0 Å². The first-order valence-corrected chi connectivity index (χ1v) is 2.99. The highest BCUT2D eigenvalue weighted by molar-refractivity contribution is 5.21. The van der Waals surface area contributed by atoms with E-state index in [1.54, 1.807) is 0 Å². The molecule has 0 aromatic heterocycles. The molecule has 0 N–H and O–H groups in total. The van der Waals surface area contributed by atoms with Gasteiger partial charge in [-0.1, -0.05) is 6.58 Å². The summed E-state index contributed by atoms with van der Waals surface area (Å²) in [5.74, 6) is -2.36. The number of hydrogen-bond donors (Lipinski definition) is 0. The lowest BCUT2D eigenvalue weighted by molar-refractivity contribution is -0.419. The molecule has 0 atom stereocenters. The Morgan fingerprint density at radius 3 is 2.33 bits per heavy atom. The van der Waals surface area contributed by atoms with Crippen molar-refractivity contribution in [3.63, 3.8) is 0 Å². The molecule has 0 amide bonds. The van der Waals surface area contributed by atoms with Gasteiger partial charge in [0.25, 0.3) is 5.70 Å². The SMILES string of the molecule is C=C/C(=C\C(F)=C(/C)F)[N+](=O)[O-]. The van der Waals surface area contributed by atoms with Crippen LogP contribution in [-0.4, -0.2) is 4.92 Å². The molecule has 12 heavy (non-hydrogen) atoms. The minimum atomic E-state index is -1.26. The maximum atomic E-state index is 12.4. The summed E-state index contributed by atoms with van der Waals surface area (Å²) in [5.41, 5.74) is -0.579. The van der Waals surface area contributed by atoms with Crippen molar-refractivity contribution < 1.29 is 13.7 Å². The van der Waals surface area contributed by atoms with E-state index in [9.17, 15) is 18.9 Å². The van der Waals surface area contributed by atoms with Crippen LogP contribution in [0.5, 0.6) is 0 Å². The van der Waals surface area contributed by atoms with Crippen molar-refractivity contribution in [2.45, 2.75) is 6.92 Å². The zero-order chi connectivity index (χ0) is 9.72. The minimum absolute atomic E-state index is 0.475. The first-order chi connectivity index (χ1) is 5.49. The smallest absolute Gasteiger partial charge is 0.258 e. The molecule has 0 radical (unpaired) electrons. The van der Waals surface area contributed by atoms with Gasteiger partial charge >= 0.3 is 0 Å². The van der Waals surface area contributed by atoms with Crippen molar-refractivity contribution in [3.05, 3.63) is 46.2 Å². The fraction of sp³-hybridized carbons (Fsp3) is 0.143. The summed E-state index contributed by atoms with van der Waals surface area (Å²) in [4.78, 5) is 9.19. The van der Waals surface area contributed by atoms with E-state index < -0.39 is 22.3 Å². The van der Waals surface area contributed by atoms with Gasteiger partial charge in [0.1, 0.15) is 5.83 Å². The molecule has 5 heteroatoms. The number of halogens is 2. The van der Waals surface area contributed by atoms with Crippen molar-refractivity contribution in [1.29, 1.82) is 0 Å². The van der Waals surface area contributed by atoms with Gasteiger partial charge in [0.05, 0.1) is 11.0 Å². The van der Waals surface area contributed by atoms with E-state index in [0.717, 1.165) is 13.0 Å². The Morgan fingerprint density at radius 2 is 2.08 bits per heavy atom. The van der Waals surface area contributed by atoms with Crippen molar-refractivity contribution in [1.82, 2.24) is 0 Å². The van der Waals surface area contributed by atoms with Crippen LogP contribution in [-0.2, 0) is 0 Å². The van der Waals surface area contributed by atoms with Crippen LogP contribution in [0, 0.1) is 10.1 Å². The Kier molecular flexibility index (Phi) is 3.82. The molecule has 0 saturated heterocycles. The van der Waals surface area contributed by atoms with Gasteiger partial charge < -0.3 is 0 Å². The molecule has 3 nitrogen and oxygen atoms in total. The zero-order valence-corrected chi connectivity index (χ0v) is 6.38. The summed E-state index contributed by atoms with van der Waals surface area (Å²) >= 11 is 0. The average Bonchev–Trinajstić information content (AvgIpc) is 1.98. The molecule has 0 unspecified atom stereocenters. The predicted molar refractivity (Wildman–Crippen MR) is 40.2 cm³/mol. The van der Waals surface area contributed by atoms with E-state index in [1.165, 1.54) is 0 Å². The summed E-state index contributed by atoms with van der Waals surface area (Å²) in [6.07, 6.45) is 1.31. The summed E-state index contributed by atoms with van der Waals surface area (Å²) < 4.78 is 24.5. The van der Waals surface area contributed by atoms with Crippen LogP contribution in [0.3, 0.4) is 0 Å². The van der Waals surface area contributed by atoms with Crippen LogP contribution in [0.25, 0.3) is 0 Å². The first-order valence-electron chi connectivity index (χ1n) is 2.99. The highest BCUT2D eigenvalue weighted by Gasteiger charge is 2.07. The lowest BCUT2D eigenvalue weighted by Gasteiger charge is -1.89. The Morgan fingerprint density at radius 1 is 1.58 bits per heavy atom. The Bertz CT molecular complexity index is 265. The molecular weight excluding hydrogens is 168 g/mol. The lowest BCUT2D eigenvalue weighted by Crippen LogP contribution is -1.94. The van der Waals surface area contributed by atoms with E-state index >= 15 is 0 Å². The van der Waals surface area contributed by atoms with Crippen LogP contribution in [0.2, 0.25) is 0 Å². The summed E-state index contributed by atoms with van der Waals surface area (Å²) in [6, 6.07) is 0. The van der Waals surface area contributed by atoms with Crippen LogP contribution in [0.1, 0.15) is 6.92 Å². The standard InChI is InChI=1S/C7H7F2NO2/c1-3-6(10(11)12)4-7(9)5(2)8/h3-4H,1H2,2H3/b6-4+,7-5-. The molecule has 0 fully saturated rings. The molecule has 0 spiro atoms. The van der Waals surface area contributed by atoms with Gasteiger partial charge in [-0.25, -0.2) is 8.78 Å². The van der Waals surface area contributed by atoms with Gasteiger partial charge in [0.2, 0.25) is 0 Å². The molecule has 66 valence electrons. The molecule has 0 rings (SSSR count). The highest BCUT2D eigenvalue weighted by atomic mass is 19.2. The Balaban J connectivity index is 4.86. The van der Waals surface area contributed by atoms with Crippen molar-refractivity contribution in [2.24, 2.45) is 0 Å². The van der Waals surface area contributed by atoms with Crippen molar-refractivity contribution in [2.75, 3.05) is 0 Å². The first kappa shape index (κ1) is 10.5. The molecule has 0 heterocycles. The molecule has 0 saturated carbocycles. The molecule has 0 aliphatic heterocycles. The van der Waals surface area contributed by atoms with E-state index in [0.29, 0.717) is 6.08 Å². The minimum Gasteiger partial charge on any atom is -0.258 e. The fourth-order valence-electron chi connectivity index (χ4n) is 0.415. The summed E-state index contributed by atoms with van der Waals surface area (Å²) in [6.45, 7) is 3.94. The number of allylic oxidation sites excluding steroid dienone is 4. The van der Waals surface area contributed by atoms with Crippen molar-refractivity contribution in [3.8, 4) is 0 Å². The fourth-order valence-corrected chi connectivity index (χ4v) is 0.415. The molecule has 0 aliphatic rings. The normalized spacial score (nSPS) is 13.8. The van der Waals surface area contributed by atoms with E-state index in [-0.39, 0.29) is 0 Å². The largest absolute Gasteiger partial charge is 0.271 e. The second-order valence-electron chi connectivity index (χ2n) is 1.91. The second kappa shape index (κ2) is 4.38. The number of nitro groups is 1. The van der Waals surface area contributed by atoms with Crippen molar-refractivity contribution >= 4 is 0 Å². The molecule has 0 bridgehead atoms. The Labute approximate surface area is 67.8 Å². The Hall–Kier alpha value is -1.52. The van der Waals surface area contributed by atoms with Gasteiger partial charge in [-0.05, 0) is 6.92 Å². The van der Waals surface area contributed by atoms with Crippen LogP contribution >= 0.6 is 0 Å². The van der Waals surface area contributed by atoms with E-state index in [1.807, 2.05) is 0 Å². The van der Waals surface area contributed by atoms with Gasteiger partial charge in [0.15, 0.2) is 5.83 Å². The summed E-state index contributed by atoms with van der Waals surface area (Å²) in [7, 11) is 0. The highest BCUT2D eigenvalue weighted by Crippen LogP contribution is 2.11. The van der Waals surface area contributed by atoms with Gasteiger partial charge in [-0.15, -0.1) is 0 Å².